The normalized spacial score (nSPS) is 9.50. The fourth-order valence-electron chi connectivity index (χ4n) is 0.827. The number of hydrogen-bond acceptors (Lipinski definition) is 3. The van der Waals surface area contributed by atoms with Gasteiger partial charge in [0.25, 0.3) is 0 Å². The molecule has 0 atom stereocenters. The molecule has 0 amide bonds. The van der Waals surface area contributed by atoms with E-state index in [1.807, 2.05) is 12.1 Å². The Bertz CT molecular complexity index is 341. The van der Waals surface area contributed by atoms with Crippen molar-refractivity contribution < 1.29 is 9.84 Å². The van der Waals surface area contributed by atoms with Crippen LogP contribution < -0.4 is 0 Å². The van der Waals surface area contributed by atoms with Crippen LogP contribution in [-0.2, 0) is 4.74 Å². The van der Waals surface area contributed by atoms with Crippen LogP contribution in [0.5, 0.6) is 5.75 Å². The highest BCUT2D eigenvalue weighted by molar-refractivity contribution is 8.03. The van der Waals surface area contributed by atoms with Crippen LogP contribution >= 0.6 is 11.8 Å². The van der Waals surface area contributed by atoms with E-state index in [0.717, 1.165) is 9.80 Å². The zero-order valence-electron chi connectivity index (χ0n) is 7.99. The lowest BCUT2D eigenvalue weighted by Crippen LogP contribution is -1.84. The average Bonchev–Trinajstić information content (AvgIpc) is 2.20. The summed E-state index contributed by atoms with van der Waals surface area (Å²) >= 11 is 1.45. The summed E-state index contributed by atoms with van der Waals surface area (Å²) in [4.78, 5) is 1.75. The quantitative estimate of drug-likeness (QED) is 0.468. The van der Waals surface area contributed by atoms with Gasteiger partial charge in [-0.15, -0.1) is 0 Å². The van der Waals surface area contributed by atoms with E-state index < -0.39 is 0 Å². The van der Waals surface area contributed by atoms with E-state index in [4.69, 9.17) is 9.84 Å². The second-order valence-electron chi connectivity index (χ2n) is 2.65. The Morgan fingerprint density at radius 1 is 1.29 bits per heavy atom. The first kappa shape index (κ1) is 10.7. The van der Waals surface area contributed by atoms with E-state index in [1.165, 1.54) is 11.8 Å². The lowest BCUT2D eigenvalue weighted by atomic mass is 10.3. The lowest BCUT2D eigenvalue weighted by molar-refractivity contribution is 0.307. The molecule has 1 rings (SSSR count). The smallest absolute Gasteiger partial charge is 0.125 e. The van der Waals surface area contributed by atoms with E-state index in [0.29, 0.717) is 5.76 Å². The molecule has 0 fully saturated rings. The molecule has 2 nitrogen and oxygen atoms in total. The van der Waals surface area contributed by atoms with E-state index in [-0.39, 0.29) is 5.75 Å². The van der Waals surface area contributed by atoms with E-state index in [1.54, 1.807) is 19.2 Å². The second-order valence-corrected chi connectivity index (χ2v) is 3.81. The second kappa shape index (κ2) is 4.77. The predicted molar refractivity (Wildman–Crippen MR) is 59.3 cm³/mol. The largest absolute Gasteiger partial charge is 0.508 e. The summed E-state index contributed by atoms with van der Waals surface area (Å²) in [5.41, 5.74) is 0. The van der Waals surface area contributed by atoms with Crippen molar-refractivity contribution in [2.75, 3.05) is 7.11 Å². The number of phenols is 1. The number of rotatable bonds is 4. The van der Waals surface area contributed by atoms with Crippen LogP contribution in [-0.4, -0.2) is 12.2 Å². The summed E-state index contributed by atoms with van der Waals surface area (Å²) in [6.45, 7) is 7.51. The van der Waals surface area contributed by atoms with Gasteiger partial charge in [0.15, 0.2) is 0 Å². The minimum atomic E-state index is 0.255. The van der Waals surface area contributed by atoms with Crippen molar-refractivity contribution in [3.05, 3.63) is 48.1 Å². The highest BCUT2D eigenvalue weighted by Gasteiger charge is 2.02. The molecule has 0 spiro atoms. The van der Waals surface area contributed by atoms with Crippen LogP contribution in [0.1, 0.15) is 0 Å². The van der Waals surface area contributed by atoms with Crippen molar-refractivity contribution in [2.45, 2.75) is 4.90 Å². The van der Waals surface area contributed by atoms with Crippen LogP contribution in [0.25, 0.3) is 0 Å². The van der Waals surface area contributed by atoms with Crippen LogP contribution in [0.3, 0.4) is 0 Å². The molecular weight excluding hydrogens is 196 g/mol. The molecule has 3 heteroatoms. The molecule has 0 aromatic heterocycles. The van der Waals surface area contributed by atoms with E-state index in [2.05, 4.69) is 13.2 Å². The minimum Gasteiger partial charge on any atom is -0.508 e. The molecule has 0 aliphatic rings. The topological polar surface area (TPSA) is 29.5 Å². The number of aromatic hydroxyl groups is 1. The lowest BCUT2D eigenvalue weighted by Gasteiger charge is -2.06. The number of ether oxygens (including phenoxy) is 1. The minimum absolute atomic E-state index is 0.255. The van der Waals surface area contributed by atoms with Gasteiger partial charge in [0.2, 0.25) is 0 Å². The summed E-state index contributed by atoms with van der Waals surface area (Å²) in [7, 11) is 1.56. The van der Waals surface area contributed by atoms with Gasteiger partial charge in [0.1, 0.15) is 11.5 Å². The third-order valence-corrected chi connectivity index (χ3v) is 2.62. The molecule has 0 aliphatic carbocycles. The fraction of sp³-hybridized carbons (Fsp3) is 0.0909. The van der Waals surface area contributed by atoms with Crippen molar-refractivity contribution in [1.82, 2.24) is 0 Å². The molecule has 1 aromatic rings. The first-order valence-corrected chi connectivity index (χ1v) is 4.84. The molecule has 0 aliphatic heterocycles. The van der Waals surface area contributed by atoms with Crippen LogP contribution in [0.2, 0.25) is 0 Å². The molecule has 0 saturated carbocycles. The molecular formula is C11H12O2S. The first-order chi connectivity index (χ1) is 6.63. The van der Waals surface area contributed by atoms with Crippen LogP contribution in [0, 0.1) is 0 Å². The predicted octanol–water partition coefficient (Wildman–Crippen LogP) is 3.16. The van der Waals surface area contributed by atoms with E-state index in [9.17, 15) is 0 Å². The highest BCUT2D eigenvalue weighted by Crippen LogP contribution is 2.30. The van der Waals surface area contributed by atoms with Gasteiger partial charge in [-0.25, -0.2) is 0 Å². The maximum Gasteiger partial charge on any atom is 0.125 e. The number of methoxy groups -OCH3 is 1. The summed E-state index contributed by atoms with van der Waals surface area (Å²) in [5, 5.41) is 9.07. The highest BCUT2D eigenvalue weighted by atomic mass is 32.2. The maximum atomic E-state index is 9.07. The van der Waals surface area contributed by atoms with Crippen molar-refractivity contribution in [3.63, 3.8) is 0 Å². The van der Waals surface area contributed by atoms with Crippen molar-refractivity contribution in [3.8, 4) is 5.75 Å². The fourth-order valence-corrected chi connectivity index (χ4v) is 1.58. The van der Waals surface area contributed by atoms with Crippen LogP contribution in [0.15, 0.2) is 53.0 Å². The van der Waals surface area contributed by atoms with E-state index >= 15 is 0 Å². The van der Waals surface area contributed by atoms with Gasteiger partial charge in [-0.05, 0) is 24.3 Å². The number of phenolic OH excluding ortho intramolecular Hbond substituents is 1. The molecule has 0 radical (unpaired) electrons. The Morgan fingerprint density at radius 2 is 1.86 bits per heavy atom. The first-order valence-electron chi connectivity index (χ1n) is 4.02. The molecule has 14 heavy (non-hydrogen) atoms. The SMILES string of the molecule is C=C(OC)C(=C)Sc1ccc(O)cc1. The van der Waals surface area contributed by atoms with Gasteiger partial charge in [0, 0.05) is 9.80 Å². The van der Waals surface area contributed by atoms with Gasteiger partial charge < -0.3 is 9.84 Å². The number of hydrogen-bond donors (Lipinski definition) is 1. The number of benzene rings is 1. The molecule has 1 aromatic carbocycles. The van der Waals surface area contributed by atoms with Gasteiger partial charge in [-0.3, -0.25) is 0 Å². The Kier molecular flexibility index (Phi) is 3.65. The third kappa shape index (κ3) is 2.85. The standard InChI is InChI=1S/C11H12O2S/c1-8(13-3)9(2)14-11-6-4-10(12)5-7-11/h4-7,12H,1-2H2,3H3. The Hall–Kier alpha value is -1.35. The van der Waals surface area contributed by atoms with Gasteiger partial charge in [-0.2, -0.15) is 0 Å². The average molecular weight is 208 g/mol. The molecule has 1 N–H and O–H groups in total. The molecule has 0 saturated heterocycles. The van der Waals surface area contributed by atoms with Crippen LogP contribution in [0.4, 0.5) is 0 Å². The van der Waals surface area contributed by atoms with Crippen molar-refractivity contribution >= 4 is 11.8 Å². The Morgan fingerprint density at radius 3 is 2.36 bits per heavy atom. The van der Waals surface area contributed by atoms with Crippen molar-refractivity contribution in [1.29, 1.82) is 0 Å². The zero-order valence-corrected chi connectivity index (χ0v) is 8.80. The molecule has 0 unspecified atom stereocenters. The maximum absolute atomic E-state index is 9.07. The van der Waals surface area contributed by atoms with Gasteiger partial charge >= 0.3 is 0 Å². The molecule has 0 heterocycles. The van der Waals surface area contributed by atoms with Gasteiger partial charge in [0.05, 0.1) is 7.11 Å². The summed E-state index contributed by atoms with van der Waals surface area (Å²) < 4.78 is 4.94. The molecule has 0 bridgehead atoms. The third-order valence-electron chi connectivity index (χ3n) is 1.64. The van der Waals surface area contributed by atoms with Crippen molar-refractivity contribution in [2.24, 2.45) is 0 Å². The number of thioether (sulfide) groups is 1. The summed E-state index contributed by atoms with van der Waals surface area (Å²) in [5.74, 6) is 0.814. The summed E-state index contributed by atoms with van der Waals surface area (Å²) in [6, 6.07) is 6.89. The molecule has 74 valence electrons. The Balaban J connectivity index is 2.65. The van der Waals surface area contributed by atoms with Gasteiger partial charge in [-0.1, -0.05) is 24.9 Å². The Labute approximate surface area is 87.9 Å². The summed E-state index contributed by atoms with van der Waals surface area (Å²) in [6.07, 6.45) is 0. The zero-order chi connectivity index (χ0) is 10.6. The monoisotopic (exact) mass is 208 g/mol.